The van der Waals surface area contributed by atoms with Crippen molar-refractivity contribution in [3.05, 3.63) is 59.2 Å². The van der Waals surface area contributed by atoms with Gasteiger partial charge in [0.25, 0.3) is 0 Å². The minimum absolute atomic E-state index is 0.0866. The van der Waals surface area contributed by atoms with Gasteiger partial charge in [0.05, 0.1) is 11.1 Å². The number of pyridine rings is 1. The number of thioether (sulfide) groups is 1. The first-order chi connectivity index (χ1) is 10.6. The summed E-state index contributed by atoms with van der Waals surface area (Å²) in [5, 5.41) is 14.2. The highest BCUT2D eigenvalue weighted by atomic mass is 35.5. The SMILES string of the molecule is O=C(CCSc1ccccn1)NC[C@H](O)c1ccc(Cl)cc1. The van der Waals surface area contributed by atoms with Gasteiger partial charge in [-0.25, -0.2) is 4.98 Å². The Kier molecular flexibility index (Phi) is 6.71. The van der Waals surface area contributed by atoms with Gasteiger partial charge in [-0.05, 0) is 29.8 Å². The second-order valence-electron chi connectivity index (χ2n) is 4.64. The van der Waals surface area contributed by atoms with Crippen molar-refractivity contribution >= 4 is 29.3 Å². The molecule has 1 aromatic heterocycles. The maximum absolute atomic E-state index is 11.7. The lowest BCUT2D eigenvalue weighted by Gasteiger charge is -2.12. The summed E-state index contributed by atoms with van der Waals surface area (Å²) in [7, 11) is 0. The van der Waals surface area contributed by atoms with Crippen LogP contribution in [0.1, 0.15) is 18.1 Å². The van der Waals surface area contributed by atoms with E-state index in [4.69, 9.17) is 11.6 Å². The second-order valence-corrected chi connectivity index (χ2v) is 6.19. The molecule has 0 saturated heterocycles. The third kappa shape index (κ3) is 5.67. The van der Waals surface area contributed by atoms with Gasteiger partial charge in [0.2, 0.25) is 5.91 Å². The number of benzene rings is 1. The maximum Gasteiger partial charge on any atom is 0.220 e. The molecule has 0 unspecified atom stereocenters. The molecule has 0 bridgehead atoms. The number of halogens is 1. The van der Waals surface area contributed by atoms with E-state index in [1.807, 2.05) is 18.2 Å². The predicted octanol–water partition coefficient (Wildman–Crippen LogP) is 3.07. The summed E-state index contributed by atoms with van der Waals surface area (Å²) < 4.78 is 0. The second kappa shape index (κ2) is 8.78. The Morgan fingerprint density at radius 2 is 2.05 bits per heavy atom. The molecule has 0 aliphatic rings. The van der Waals surface area contributed by atoms with Crippen LogP contribution in [0.2, 0.25) is 5.02 Å². The van der Waals surface area contributed by atoms with Gasteiger partial charge in [-0.1, -0.05) is 29.8 Å². The number of carbonyl (C=O) groups excluding carboxylic acids is 1. The number of carbonyl (C=O) groups is 1. The highest BCUT2D eigenvalue weighted by Gasteiger charge is 2.09. The van der Waals surface area contributed by atoms with Crippen LogP contribution in [0, 0.1) is 0 Å². The molecule has 1 amide bonds. The van der Waals surface area contributed by atoms with Gasteiger partial charge in [-0.15, -0.1) is 11.8 Å². The van der Waals surface area contributed by atoms with E-state index in [1.54, 1.807) is 30.5 Å². The van der Waals surface area contributed by atoms with Crippen LogP contribution in [-0.2, 0) is 4.79 Å². The summed E-state index contributed by atoms with van der Waals surface area (Å²) in [5.74, 6) is 0.566. The summed E-state index contributed by atoms with van der Waals surface area (Å²) in [6.45, 7) is 0.189. The van der Waals surface area contributed by atoms with E-state index in [1.165, 1.54) is 11.8 Å². The number of hydrogen-bond donors (Lipinski definition) is 2. The summed E-state index contributed by atoms with van der Waals surface area (Å²) in [5.41, 5.74) is 0.729. The van der Waals surface area contributed by atoms with Crippen molar-refractivity contribution in [1.29, 1.82) is 0 Å². The Balaban J connectivity index is 1.68. The van der Waals surface area contributed by atoms with Gasteiger partial charge in [0.1, 0.15) is 0 Å². The van der Waals surface area contributed by atoms with Crippen LogP contribution in [0.15, 0.2) is 53.7 Å². The fourth-order valence-corrected chi connectivity index (χ4v) is 2.72. The zero-order valence-electron chi connectivity index (χ0n) is 11.9. The largest absolute Gasteiger partial charge is 0.387 e. The molecule has 1 aromatic carbocycles. The number of nitrogens with zero attached hydrogens (tertiary/aromatic N) is 1. The Morgan fingerprint density at radius 3 is 2.73 bits per heavy atom. The molecule has 0 saturated carbocycles. The molecule has 1 atom stereocenters. The van der Waals surface area contributed by atoms with E-state index in [9.17, 15) is 9.90 Å². The van der Waals surface area contributed by atoms with Gasteiger partial charge in [0, 0.05) is 29.9 Å². The number of hydrogen-bond acceptors (Lipinski definition) is 4. The molecule has 2 aromatic rings. The molecule has 22 heavy (non-hydrogen) atoms. The van der Waals surface area contributed by atoms with E-state index >= 15 is 0 Å². The lowest BCUT2D eigenvalue weighted by atomic mass is 10.1. The summed E-state index contributed by atoms with van der Waals surface area (Å²) in [4.78, 5) is 15.9. The molecule has 0 aliphatic heterocycles. The summed E-state index contributed by atoms with van der Waals surface area (Å²) in [6, 6.07) is 12.6. The highest BCUT2D eigenvalue weighted by molar-refractivity contribution is 7.99. The normalized spacial score (nSPS) is 11.9. The minimum Gasteiger partial charge on any atom is -0.387 e. The topological polar surface area (TPSA) is 62.2 Å². The number of rotatable bonds is 7. The molecule has 0 aliphatic carbocycles. The van der Waals surface area contributed by atoms with Crippen LogP contribution in [0.4, 0.5) is 0 Å². The summed E-state index contributed by atoms with van der Waals surface area (Å²) in [6.07, 6.45) is 1.38. The van der Waals surface area contributed by atoms with Gasteiger partial charge >= 0.3 is 0 Å². The minimum atomic E-state index is -0.732. The van der Waals surface area contributed by atoms with Gasteiger partial charge in [-0.2, -0.15) is 0 Å². The lowest BCUT2D eigenvalue weighted by molar-refractivity contribution is -0.121. The average Bonchev–Trinajstić information content (AvgIpc) is 2.54. The molecule has 116 valence electrons. The van der Waals surface area contributed by atoms with E-state index in [0.717, 1.165) is 10.6 Å². The van der Waals surface area contributed by atoms with Crippen molar-refractivity contribution in [3.63, 3.8) is 0 Å². The first-order valence-electron chi connectivity index (χ1n) is 6.89. The fraction of sp³-hybridized carbons (Fsp3) is 0.250. The van der Waals surface area contributed by atoms with Crippen LogP contribution < -0.4 is 5.32 Å². The van der Waals surface area contributed by atoms with E-state index in [-0.39, 0.29) is 12.5 Å². The number of aliphatic hydroxyl groups excluding tert-OH is 1. The van der Waals surface area contributed by atoms with Gasteiger partial charge in [0.15, 0.2) is 0 Å². The first kappa shape index (κ1) is 16.8. The van der Waals surface area contributed by atoms with Crippen molar-refractivity contribution in [3.8, 4) is 0 Å². The van der Waals surface area contributed by atoms with Crippen LogP contribution in [0.3, 0.4) is 0 Å². The molecule has 2 N–H and O–H groups in total. The molecular weight excluding hydrogens is 320 g/mol. The van der Waals surface area contributed by atoms with Crippen molar-refractivity contribution in [2.75, 3.05) is 12.3 Å². The first-order valence-corrected chi connectivity index (χ1v) is 8.25. The van der Waals surface area contributed by atoms with Crippen LogP contribution in [0.25, 0.3) is 0 Å². The standard InChI is InChI=1S/C16H17ClN2O2S/c17-13-6-4-12(5-7-13)14(20)11-19-15(21)8-10-22-16-3-1-2-9-18-16/h1-7,9,14,20H,8,10-11H2,(H,19,21)/t14-/m0/s1. The monoisotopic (exact) mass is 336 g/mol. The van der Waals surface area contributed by atoms with Crippen molar-refractivity contribution in [1.82, 2.24) is 10.3 Å². The fourth-order valence-electron chi connectivity index (χ4n) is 1.78. The van der Waals surface area contributed by atoms with Gasteiger partial charge < -0.3 is 10.4 Å². The van der Waals surface area contributed by atoms with Crippen molar-refractivity contribution in [2.24, 2.45) is 0 Å². The number of aliphatic hydroxyl groups is 1. The molecular formula is C16H17ClN2O2S. The Hall–Kier alpha value is -1.56. The highest BCUT2D eigenvalue weighted by Crippen LogP contribution is 2.16. The Morgan fingerprint density at radius 1 is 1.27 bits per heavy atom. The van der Waals surface area contributed by atoms with Gasteiger partial charge in [-0.3, -0.25) is 4.79 Å². The van der Waals surface area contributed by atoms with Crippen LogP contribution >= 0.6 is 23.4 Å². The van der Waals surface area contributed by atoms with E-state index < -0.39 is 6.10 Å². The lowest BCUT2D eigenvalue weighted by Crippen LogP contribution is -2.28. The molecule has 1 heterocycles. The maximum atomic E-state index is 11.7. The van der Waals surface area contributed by atoms with Crippen molar-refractivity contribution in [2.45, 2.75) is 17.6 Å². The number of amides is 1. The number of aromatic nitrogens is 1. The molecule has 0 spiro atoms. The summed E-state index contributed by atoms with van der Waals surface area (Å²) >= 11 is 7.32. The molecule has 2 rings (SSSR count). The Bertz CT molecular complexity index is 593. The molecule has 0 fully saturated rings. The third-order valence-electron chi connectivity index (χ3n) is 2.96. The van der Waals surface area contributed by atoms with E-state index in [2.05, 4.69) is 10.3 Å². The smallest absolute Gasteiger partial charge is 0.220 e. The number of nitrogens with one attached hydrogen (secondary N) is 1. The molecule has 6 heteroatoms. The molecule has 4 nitrogen and oxygen atoms in total. The van der Waals surface area contributed by atoms with Crippen LogP contribution in [0.5, 0.6) is 0 Å². The Labute approximate surface area is 138 Å². The zero-order valence-corrected chi connectivity index (χ0v) is 13.5. The molecule has 0 radical (unpaired) electrons. The quantitative estimate of drug-likeness (QED) is 0.763. The van der Waals surface area contributed by atoms with Crippen LogP contribution in [-0.4, -0.2) is 28.3 Å². The zero-order chi connectivity index (χ0) is 15.8. The van der Waals surface area contributed by atoms with Crippen molar-refractivity contribution < 1.29 is 9.90 Å². The van der Waals surface area contributed by atoms with E-state index in [0.29, 0.717) is 17.2 Å². The predicted molar refractivity (Wildman–Crippen MR) is 89.0 cm³/mol. The third-order valence-corrected chi connectivity index (χ3v) is 4.16. The average molecular weight is 337 g/mol.